The summed E-state index contributed by atoms with van der Waals surface area (Å²) >= 11 is 6.07. The number of hydrogen-bond acceptors (Lipinski definition) is 5. The fraction of sp³-hybridized carbons (Fsp3) is 0.524. The van der Waals surface area contributed by atoms with Crippen LogP contribution in [-0.4, -0.2) is 77.5 Å². The summed E-state index contributed by atoms with van der Waals surface area (Å²) in [6.45, 7) is 4.39. The van der Waals surface area contributed by atoms with Gasteiger partial charge in [0.25, 0.3) is 0 Å². The number of piperidine rings is 1. The molecule has 8 nitrogen and oxygen atoms in total. The minimum Gasteiger partial charge on any atom is -0.340 e. The summed E-state index contributed by atoms with van der Waals surface area (Å²) < 4.78 is 28.7. The largest absolute Gasteiger partial charge is 0.340 e. The highest BCUT2D eigenvalue weighted by molar-refractivity contribution is 7.89. The van der Waals surface area contributed by atoms with E-state index in [2.05, 4.69) is 16.1 Å². The van der Waals surface area contributed by atoms with E-state index in [0.717, 1.165) is 36.6 Å². The van der Waals surface area contributed by atoms with Gasteiger partial charge in [-0.1, -0.05) is 23.7 Å². The highest BCUT2D eigenvalue weighted by Crippen LogP contribution is 2.25. The van der Waals surface area contributed by atoms with Gasteiger partial charge in [0.1, 0.15) is 4.90 Å². The molecule has 2 aromatic rings. The Hall–Kier alpha value is -1.94. The van der Waals surface area contributed by atoms with Gasteiger partial charge < -0.3 is 4.90 Å². The molecular formula is C21H28ClN5O3S. The predicted octanol–water partition coefficient (Wildman–Crippen LogP) is 1.82. The topological polar surface area (TPSA) is 78.8 Å². The Morgan fingerprint density at radius 3 is 2.65 bits per heavy atom. The molecule has 2 aliphatic rings. The van der Waals surface area contributed by atoms with Gasteiger partial charge in [0.2, 0.25) is 15.9 Å². The maximum Gasteiger partial charge on any atom is 0.246 e. The molecule has 2 fully saturated rings. The van der Waals surface area contributed by atoms with E-state index in [1.807, 2.05) is 23.1 Å². The highest BCUT2D eigenvalue weighted by Gasteiger charge is 2.36. The second-order valence-corrected chi connectivity index (χ2v) is 10.7. The Balaban J connectivity index is 1.33. The van der Waals surface area contributed by atoms with Crippen molar-refractivity contribution in [2.24, 2.45) is 13.0 Å². The SMILES string of the molecule is Cn1cc(S(=O)(=O)N2CCC[C@@H](C(=O)N3CCN(Cc4cccc(Cl)c4)CC3)C2)cn1. The average molecular weight is 466 g/mol. The van der Waals surface area contributed by atoms with Crippen LogP contribution in [0.1, 0.15) is 18.4 Å². The van der Waals surface area contributed by atoms with E-state index in [9.17, 15) is 13.2 Å². The molecule has 31 heavy (non-hydrogen) atoms. The van der Waals surface area contributed by atoms with E-state index in [-0.39, 0.29) is 23.3 Å². The van der Waals surface area contributed by atoms with Crippen molar-refractivity contribution in [3.05, 3.63) is 47.2 Å². The highest BCUT2D eigenvalue weighted by atomic mass is 35.5. The molecule has 4 rings (SSSR count). The van der Waals surface area contributed by atoms with E-state index < -0.39 is 10.0 Å². The molecule has 1 aromatic heterocycles. The Labute approximate surface area is 188 Å². The Morgan fingerprint density at radius 1 is 1.19 bits per heavy atom. The zero-order chi connectivity index (χ0) is 22.0. The van der Waals surface area contributed by atoms with E-state index >= 15 is 0 Å². The second-order valence-electron chi connectivity index (χ2n) is 8.28. The first-order valence-electron chi connectivity index (χ1n) is 10.6. The van der Waals surface area contributed by atoms with Crippen molar-refractivity contribution < 1.29 is 13.2 Å². The van der Waals surface area contributed by atoms with E-state index in [4.69, 9.17) is 11.6 Å². The van der Waals surface area contributed by atoms with Gasteiger partial charge in [0.15, 0.2) is 0 Å². The maximum atomic E-state index is 13.1. The molecule has 1 amide bonds. The number of sulfonamides is 1. The minimum absolute atomic E-state index is 0.0634. The molecule has 10 heteroatoms. The third-order valence-electron chi connectivity index (χ3n) is 6.03. The van der Waals surface area contributed by atoms with E-state index in [0.29, 0.717) is 26.1 Å². The molecule has 0 unspecified atom stereocenters. The summed E-state index contributed by atoms with van der Waals surface area (Å²) in [6, 6.07) is 7.84. The van der Waals surface area contributed by atoms with Crippen molar-refractivity contribution in [2.45, 2.75) is 24.3 Å². The number of rotatable bonds is 5. The summed E-state index contributed by atoms with van der Waals surface area (Å²) in [5.74, 6) is -0.229. The number of benzene rings is 1. The van der Waals surface area contributed by atoms with Gasteiger partial charge >= 0.3 is 0 Å². The Kier molecular flexibility index (Phi) is 6.66. The van der Waals surface area contributed by atoms with Gasteiger partial charge in [0, 0.05) is 64.1 Å². The van der Waals surface area contributed by atoms with Crippen LogP contribution in [0.25, 0.3) is 0 Å². The first-order valence-corrected chi connectivity index (χ1v) is 12.4. The average Bonchev–Trinajstić information content (AvgIpc) is 3.21. The quantitative estimate of drug-likeness (QED) is 0.673. The predicted molar refractivity (Wildman–Crippen MR) is 118 cm³/mol. The number of hydrogen-bond donors (Lipinski definition) is 0. The van der Waals surface area contributed by atoms with Gasteiger partial charge in [-0.2, -0.15) is 9.40 Å². The van der Waals surface area contributed by atoms with Crippen LogP contribution in [0.2, 0.25) is 5.02 Å². The van der Waals surface area contributed by atoms with Crippen LogP contribution in [0.3, 0.4) is 0 Å². The summed E-state index contributed by atoms with van der Waals surface area (Å²) in [7, 11) is -1.94. The fourth-order valence-electron chi connectivity index (χ4n) is 4.32. The lowest BCUT2D eigenvalue weighted by Crippen LogP contribution is -2.52. The monoisotopic (exact) mass is 465 g/mol. The Bertz CT molecular complexity index is 1030. The number of aromatic nitrogens is 2. The minimum atomic E-state index is -3.63. The molecule has 0 N–H and O–H groups in total. The number of nitrogens with zero attached hydrogens (tertiary/aromatic N) is 5. The molecule has 1 aromatic carbocycles. The molecule has 0 radical (unpaired) electrons. The van der Waals surface area contributed by atoms with Crippen LogP contribution in [0.5, 0.6) is 0 Å². The third-order valence-corrected chi connectivity index (χ3v) is 8.08. The van der Waals surface area contributed by atoms with Gasteiger partial charge in [-0.25, -0.2) is 8.42 Å². The summed E-state index contributed by atoms with van der Waals surface area (Å²) in [6.07, 6.45) is 4.27. The number of aryl methyl sites for hydroxylation is 1. The number of amides is 1. The van der Waals surface area contributed by atoms with Crippen LogP contribution >= 0.6 is 11.6 Å². The standard InChI is InChI=1S/C21H28ClN5O3S/c1-24-16-20(13-23-24)31(29,30)27-7-3-5-18(15-27)21(28)26-10-8-25(9-11-26)14-17-4-2-6-19(22)12-17/h2,4,6,12-13,16,18H,3,5,7-11,14-15H2,1H3/t18-/m1/s1. The van der Waals surface area contributed by atoms with Gasteiger partial charge in [0.05, 0.1) is 12.1 Å². The lowest BCUT2D eigenvalue weighted by molar-refractivity contribution is -0.138. The van der Waals surface area contributed by atoms with Crippen LogP contribution < -0.4 is 0 Å². The van der Waals surface area contributed by atoms with Gasteiger partial charge in [-0.15, -0.1) is 0 Å². The maximum absolute atomic E-state index is 13.1. The fourth-order valence-corrected chi connectivity index (χ4v) is 6.04. The summed E-state index contributed by atoms with van der Waals surface area (Å²) in [5, 5.41) is 4.70. The van der Waals surface area contributed by atoms with E-state index in [1.54, 1.807) is 7.05 Å². The normalized spacial score (nSPS) is 21.4. The summed E-state index contributed by atoms with van der Waals surface area (Å²) in [5.41, 5.74) is 1.16. The van der Waals surface area contributed by atoms with Crippen molar-refractivity contribution >= 4 is 27.5 Å². The summed E-state index contributed by atoms with van der Waals surface area (Å²) in [4.78, 5) is 17.5. The van der Waals surface area contributed by atoms with Crippen LogP contribution in [0, 0.1) is 5.92 Å². The lowest BCUT2D eigenvalue weighted by Gasteiger charge is -2.38. The van der Waals surface area contributed by atoms with Gasteiger partial charge in [-0.05, 0) is 30.5 Å². The van der Waals surface area contributed by atoms with Crippen LogP contribution in [-0.2, 0) is 28.4 Å². The van der Waals surface area contributed by atoms with Gasteiger partial charge in [-0.3, -0.25) is 14.4 Å². The molecule has 168 valence electrons. The zero-order valence-electron chi connectivity index (χ0n) is 17.7. The molecule has 0 aliphatic carbocycles. The lowest BCUT2D eigenvalue weighted by atomic mass is 9.97. The number of carbonyl (C=O) groups excluding carboxylic acids is 1. The number of carbonyl (C=O) groups is 1. The molecular weight excluding hydrogens is 438 g/mol. The molecule has 0 bridgehead atoms. The first-order chi connectivity index (χ1) is 14.8. The number of piperazine rings is 1. The third kappa shape index (κ3) is 5.11. The van der Waals surface area contributed by atoms with Crippen molar-refractivity contribution in [1.82, 2.24) is 23.9 Å². The molecule has 3 heterocycles. The first kappa shape index (κ1) is 22.3. The van der Waals surface area contributed by atoms with Crippen molar-refractivity contribution in [2.75, 3.05) is 39.3 Å². The van der Waals surface area contributed by atoms with Crippen LogP contribution in [0.15, 0.2) is 41.6 Å². The van der Waals surface area contributed by atoms with Crippen molar-refractivity contribution in [3.63, 3.8) is 0 Å². The molecule has 0 spiro atoms. The van der Waals surface area contributed by atoms with E-state index in [1.165, 1.54) is 21.4 Å². The molecule has 0 saturated carbocycles. The smallest absolute Gasteiger partial charge is 0.246 e. The number of halogens is 1. The second kappa shape index (κ2) is 9.28. The van der Waals surface area contributed by atoms with Crippen molar-refractivity contribution in [3.8, 4) is 0 Å². The zero-order valence-corrected chi connectivity index (χ0v) is 19.2. The molecule has 2 aliphatic heterocycles. The molecule has 2 saturated heterocycles. The van der Waals surface area contributed by atoms with Crippen molar-refractivity contribution in [1.29, 1.82) is 0 Å². The Morgan fingerprint density at radius 2 is 1.97 bits per heavy atom. The molecule has 1 atom stereocenters. The van der Waals surface area contributed by atoms with Crippen LogP contribution in [0.4, 0.5) is 0 Å².